The number of hydrogen-bond donors (Lipinski definition) is 2. The number of nitrogens with one attached hydrogen (secondary N) is 1. The first kappa shape index (κ1) is 15.7. The number of aryl methyl sites for hydroxylation is 2. The van der Waals surface area contributed by atoms with Crippen LogP contribution in [0.15, 0.2) is 18.2 Å². The summed E-state index contributed by atoms with van der Waals surface area (Å²) in [5, 5.41) is 16.3. The molecule has 1 aliphatic carbocycles. The van der Waals surface area contributed by atoms with Crippen molar-refractivity contribution in [2.24, 2.45) is 0 Å². The third kappa shape index (κ3) is 3.01. The highest BCUT2D eigenvalue weighted by atomic mass is 16.3. The summed E-state index contributed by atoms with van der Waals surface area (Å²) in [4.78, 5) is 12.4. The van der Waals surface area contributed by atoms with E-state index in [1.54, 1.807) is 0 Å². The van der Waals surface area contributed by atoms with E-state index in [-0.39, 0.29) is 12.5 Å². The van der Waals surface area contributed by atoms with Gasteiger partial charge in [0.25, 0.3) is 5.91 Å². The van der Waals surface area contributed by atoms with Gasteiger partial charge in [0, 0.05) is 24.4 Å². The highest BCUT2D eigenvalue weighted by molar-refractivity contribution is 5.94. The van der Waals surface area contributed by atoms with Crippen LogP contribution in [0.3, 0.4) is 0 Å². The zero-order chi connectivity index (χ0) is 16.4. The number of carbonyl (C=O) groups excluding carboxylic acids is 1. The topological polar surface area (TPSA) is 67.2 Å². The molecule has 1 aromatic carbocycles. The molecule has 0 bridgehead atoms. The van der Waals surface area contributed by atoms with Gasteiger partial charge < -0.3 is 10.4 Å². The second kappa shape index (κ2) is 6.54. The van der Waals surface area contributed by atoms with Gasteiger partial charge in [-0.3, -0.25) is 4.79 Å². The van der Waals surface area contributed by atoms with Crippen molar-refractivity contribution in [3.8, 4) is 5.69 Å². The Morgan fingerprint density at radius 2 is 2.17 bits per heavy atom. The second-order valence-electron chi connectivity index (χ2n) is 6.16. The van der Waals surface area contributed by atoms with E-state index < -0.39 is 0 Å². The Kier molecular flexibility index (Phi) is 4.48. The number of rotatable bonds is 5. The van der Waals surface area contributed by atoms with Gasteiger partial charge >= 0.3 is 0 Å². The molecule has 0 atom stereocenters. The summed E-state index contributed by atoms with van der Waals surface area (Å²) >= 11 is 0. The molecule has 1 amide bonds. The van der Waals surface area contributed by atoms with Crippen molar-refractivity contribution in [1.82, 2.24) is 15.1 Å². The molecule has 0 aliphatic heterocycles. The predicted octanol–water partition coefficient (Wildman–Crippen LogP) is 2.09. The molecule has 0 fully saturated rings. The summed E-state index contributed by atoms with van der Waals surface area (Å²) < 4.78 is 1.94. The minimum Gasteiger partial charge on any atom is -0.396 e. The van der Waals surface area contributed by atoms with Crippen LogP contribution in [0.1, 0.15) is 45.7 Å². The lowest BCUT2D eigenvalue weighted by Gasteiger charge is -2.09. The lowest BCUT2D eigenvalue weighted by molar-refractivity contribution is 0.0945. The van der Waals surface area contributed by atoms with Crippen LogP contribution < -0.4 is 5.32 Å². The maximum absolute atomic E-state index is 12.4. The highest BCUT2D eigenvalue weighted by Crippen LogP contribution is 2.29. The first-order valence-electron chi connectivity index (χ1n) is 8.19. The molecule has 0 saturated heterocycles. The Morgan fingerprint density at radius 1 is 1.35 bits per heavy atom. The number of aliphatic hydroxyl groups is 1. The predicted molar refractivity (Wildman–Crippen MR) is 89.1 cm³/mol. The second-order valence-corrected chi connectivity index (χ2v) is 6.16. The van der Waals surface area contributed by atoms with Gasteiger partial charge in [-0.15, -0.1) is 0 Å². The van der Waals surface area contributed by atoms with Gasteiger partial charge in [0.05, 0.1) is 5.69 Å². The molecule has 0 unspecified atom stereocenters. The minimum atomic E-state index is -0.139. The SMILES string of the molecule is Cc1ccc(-n2nc(C(=O)NCCCO)c3c2CCC3)c(C)c1. The summed E-state index contributed by atoms with van der Waals surface area (Å²) in [7, 11) is 0. The van der Waals surface area contributed by atoms with Crippen LogP contribution in [-0.2, 0) is 12.8 Å². The maximum Gasteiger partial charge on any atom is 0.272 e. The third-order valence-corrected chi connectivity index (χ3v) is 4.35. The van der Waals surface area contributed by atoms with E-state index in [2.05, 4.69) is 42.5 Å². The summed E-state index contributed by atoms with van der Waals surface area (Å²) in [6.07, 6.45) is 3.49. The molecule has 5 heteroatoms. The van der Waals surface area contributed by atoms with Crippen LogP contribution in [0.25, 0.3) is 5.69 Å². The average Bonchev–Trinajstić information content (AvgIpc) is 3.10. The Labute approximate surface area is 136 Å². The van der Waals surface area contributed by atoms with Crippen molar-refractivity contribution in [3.63, 3.8) is 0 Å². The molecule has 2 aromatic rings. The quantitative estimate of drug-likeness (QED) is 0.831. The van der Waals surface area contributed by atoms with Crippen molar-refractivity contribution >= 4 is 5.91 Å². The summed E-state index contributed by atoms with van der Waals surface area (Å²) in [5.41, 5.74) is 6.20. The number of benzene rings is 1. The van der Waals surface area contributed by atoms with Crippen molar-refractivity contribution in [2.75, 3.05) is 13.2 Å². The standard InChI is InChI=1S/C18H23N3O2/c1-12-7-8-15(13(2)11-12)21-16-6-3-5-14(16)17(20-21)18(23)19-9-4-10-22/h7-8,11,22H,3-6,9-10H2,1-2H3,(H,19,23). The van der Waals surface area contributed by atoms with E-state index in [9.17, 15) is 4.79 Å². The average molecular weight is 313 g/mol. The van der Waals surface area contributed by atoms with Gasteiger partial charge in [-0.05, 0) is 51.2 Å². The molecule has 0 radical (unpaired) electrons. The van der Waals surface area contributed by atoms with Crippen molar-refractivity contribution in [1.29, 1.82) is 0 Å². The zero-order valence-electron chi connectivity index (χ0n) is 13.7. The molecule has 5 nitrogen and oxygen atoms in total. The van der Waals surface area contributed by atoms with Crippen LogP contribution in [-0.4, -0.2) is 33.9 Å². The van der Waals surface area contributed by atoms with E-state index in [0.29, 0.717) is 18.7 Å². The van der Waals surface area contributed by atoms with Crippen molar-refractivity contribution in [3.05, 3.63) is 46.3 Å². The molecular weight excluding hydrogens is 290 g/mol. The molecule has 122 valence electrons. The summed E-state index contributed by atoms with van der Waals surface area (Å²) in [6, 6.07) is 6.29. The minimum absolute atomic E-state index is 0.0788. The molecule has 0 spiro atoms. The van der Waals surface area contributed by atoms with E-state index >= 15 is 0 Å². The van der Waals surface area contributed by atoms with Crippen molar-refractivity contribution in [2.45, 2.75) is 39.5 Å². The third-order valence-electron chi connectivity index (χ3n) is 4.35. The number of nitrogens with zero attached hydrogens (tertiary/aromatic N) is 2. The number of aliphatic hydroxyl groups excluding tert-OH is 1. The van der Waals surface area contributed by atoms with Crippen molar-refractivity contribution < 1.29 is 9.90 Å². The molecule has 2 N–H and O–H groups in total. The maximum atomic E-state index is 12.4. The summed E-state index contributed by atoms with van der Waals surface area (Å²) in [5.74, 6) is -0.139. The van der Waals surface area contributed by atoms with Gasteiger partial charge in [-0.1, -0.05) is 17.7 Å². The molecular formula is C18H23N3O2. The first-order chi connectivity index (χ1) is 11.1. The Morgan fingerprint density at radius 3 is 2.91 bits per heavy atom. The molecule has 1 heterocycles. The summed E-state index contributed by atoms with van der Waals surface area (Å²) in [6.45, 7) is 4.70. The number of fused-ring (bicyclic) bond motifs is 1. The van der Waals surface area contributed by atoms with Gasteiger partial charge in [-0.25, -0.2) is 4.68 Å². The van der Waals surface area contributed by atoms with Crippen LogP contribution in [0, 0.1) is 13.8 Å². The monoisotopic (exact) mass is 313 g/mol. The Hall–Kier alpha value is -2.14. The fourth-order valence-electron chi connectivity index (χ4n) is 3.23. The lowest BCUT2D eigenvalue weighted by atomic mass is 10.1. The molecule has 1 aromatic heterocycles. The number of aromatic nitrogens is 2. The van der Waals surface area contributed by atoms with Gasteiger partial charge in [-0.2, -0.15) is 5.10 Å². The van der Waals surface area contributed by atoms with Crippen LogP contribution in [0.2, 0.25) is 0 Å². The first-order valence-corrected chi connectivity index (χ1v) is 8.19. The molecule has 3 rings (SSSR count). The largest absolute Gasteiger partial charge is 0.396 e. The highest BCUT2D eigenvalue weighted by Gasteiger charge is 2.27. The molecule has 1 aliphatic rings. The number of carbonyl (C=O) groups is 1. The van der Waals surface area contributed by atoms with E-state index in [4.69, 9.17) is 5.11 Å². The van der Waals surface area contributed by atoms with E-state index in [0.717, 1.165) is 41.8 Å². The Balaban J connectivity index is 1.97. The number of hydrogen-bond acceptors (Lipinski definition) is 3. The fraction of sp³-hybridized carbons (Fsp3) is 0.444. The Bertz CT molecular complexity index is 734. The molecule has 23 heavy (non-hydrogen) atoms. The van der Waals surface area contributed by atoms with Crippen LogP contribution in [0.4, 0.5) is 0 Å². The van der Waals surface area contributed by atoms with E-state index in [1.807, 2.05) is 4.68 Å². The van der Waals surface area contributed by atoms with Gasteiger partial charge in [0.1, 0.15) is 0 Å². The fourth-order valence-corrected chi connectivity index (χ4v) is 3.23. The van der Waals surface area contributed by atoms with E-state index in [1.165, 1.54) is 5.56 Å². The smallest absolute Gasteiger partial charge is 0.272 e. The van der Waals surface area contributed by atoms with Gasteiger partial charge in [0.2, 0.25) is 0 Å². The van der Waals surface area contributed by atoms with Gasteiger partial charge in [0.15, 0.2) is 5.69 Å². The number of amides is 1. The lowest BCUT2D eigenvalue weighted by Crippen LogP contribution is -2.26. The zero-order valence-corrected chi connectivity index (χ0v) is 13.7. The normalized spacial score (nSPS) is 13.2. The van der Waals surface area contributed by atoms with Crippen LogP contribution in [0.5, 0.6) is 0 Å². The van der Waals surface area contributed by atoms with Crippen LogP contribution >= 0.6 is 0 Å². The molecule has 0 saturated carbocycles.